The van der Waals surface area contributed by atoms with Crippen LogP contribution in [0.5, 0.6) is 5.75 Å². The van der Waals surface area contributed by atoms with Gasteiger partial charge in [-0.1, -0.05) is 24.6 Å². The Bertz CT molecular complexity index is 1400. The summed E-state index contributed by atoms with van der Waals surface area (Å²) in [6, 6.07) is 4.77. The van der Waals surface area contributed by atoms with E-state index in [-0.39, 0.29) is 34.1 Å². The minimum Gasteiger partial charge on any atom is -0.490 e. The molecule has 3 aromatic heterocycles. The van der Waals surface area contributed by atoms with E-state index in [1.54, 1.807) is 30.6 Å². The number of amidine groups is 1. The maximum absolute atomic E-state index is 15.5. The van der Waals surface area contributed by atoms with E-state index in [4.69, 9.17) is 38.2 Å². The Labute approximate surface area is 201 Å². The van der Waals surface area contributed by atoms with Crippen molar-refractivity contribution in [2.24, 2.45) is 5.73 Å². The molecule has 0 radical (unpaired) electrons. The molecule has 8 nitrogen and oxygen atoms in total. The lowest BCUT2D eigenvalue weighted by Crippen LogP contribution is -2.14. The van der Waals surface area contributed by atoms with Gasteiger partial charge in [-0.3, -0.25) is 14.8 Å². The van der Waals surface area contributed by atoms with E-state index in [0.29, 0.717) is 34.0 Å². The number of hydrogen-bond donors (Lipinski definition) is 3. The van der Waals surface area contributed by atoms with Crippen LogP contribution in [-0.4, -0.2) is 31.3 Å². The minimum absolute atomic E-state index is 0.0534. The second kappa shape index (κ2) is 8.90. The molecule has 176 valence electrons. The first-order valence-electron chi connectivity index (χ1n) is 10.7. The number of nitrogens with zero attached hydrogens (tertiary/aromatic N) is 4. The zero-order chi connectivity index (χ0) is 24.7. The van der Waals surface area contributed by atoms with Crippen molar-refractivity contribution in [3.05, 3.63) is 70.4 Å². The molecule has 4 rings (SSSR count). The first-order valence-corrected chi connectivity index (χ1v) is 11.1. The van der Waals surface area contributed by atoms with Crippen molar-refractivity contribution in [1.82, 2.24) is 19.4 Å². The summed E-state index contributed by atoms with van der Waals surface area (Å²) in [5.74, 6) is 0.272. The zero-order valence-corrected chi connectivity index (χ0v) is 20.0. The standard InChI is InChI=1S/C24H25ClFN7O/c1-11(2)34-21-15(12(3)24-32-13(4)20-23(29)30-7-8-33(20)24)9-16(25)19(26)18(21)14-5-6-17(22(27)28)31-10-14/h5-12H,1-4H3,(H3,27,28)(H2,29,30)/t12-/m0/s1. The van der Waals surface area contributed by atoms with Crippen LogP contribution in [0.1, 0.15) is 49.5 Å². The molecule has 5 N–H and O–H groups in total. The van der Waals surface area contributed by atoms with Crippen molar-refractivity contribution in [3.63, 3.8) is 0 Å². The van der Waals surface area contributed by atoms with Gasteiger partial charge in [0.1, 0.15) is 34.4 Å². The number of benzene rings is 1. The molecule has 3 heterocycles. The third-order valence-corrected chi connectivity index (χ3v) is 5.80. The quantitative estimate of drug-likeness (QED) is 0.270. The van der Waals surface area contributed by atoms with Gasteiger partial charge in [0.2, 0.25) is 0 Å². The molecule has 10 heteroatoms. The second-order valence-corrected chi connectivity index (χ2v) is 8.69. The van der Waals surface area contributed by atoms with Crippen molar-refractivity contribution in [3.8, 4) is 16.9 Å². The molecule has 34 heavy (non-hydrogen) atoms. The number of nitrogen functional groups attached to an aromatic ring is 2. The van der Waals surface area contributed by atoms with E-state index in [1.165, 1.54) is 6.20 Å². The van der Waals surface area contributed by atoms with Crippen molar-refractivity contribution in [2.75, 3.05) is 5.73 Å². The molecule has 0 unspecified atom stereocenters. The van der Waals surface area contributed by atoms with Gasteiger partial charge in [0.15, 0.2) is 5.82 Å². The molecule has 1 aromatic carbocycles. The highest BCUT2D eigenvalue weighted by Gasteiger charge is 2.28. The molecule has 0 spiro atoms. The van der Waals surface area contributed by atoms with Crippen molar-refractivity contribution in [2.45, 2.75) is 39.7 Å². The van der Waals surface area contributed by atoms with Crippen LogP contribution < -0.4 is 16.2 Å². The third kappa shape index (κ3) is 4.03. The van der Waals surface area contributed by atoms with Gasteiger partial charge in [-0.15, -0.1) is 0 Å². The molecule has 0 amide bonds. The predicted octanol–water partition coefficient (Wildman–Crippen LogP) is 4.70. The van der Waals surface area contributed by atoms with Gasteiger partial charge >= 0.3 is 0 Å². The number of anilines is 1. The van der Waals surface area contributed by atoms with Gasteiger partial charge in [-0.05, 0) is 32.9 Å². The number of pyridine rings is 1. The van der Waals surface area contributed by atoms with Crippen LogP contribution in [0.15, 0.2) is 36.8 Å². The van der Waals surface area contributed by atoms with E-state index in [0.717, 1.165) is 5.69 Å². The average Bonchev–Trinajstić information content (AvgIpc) is 3.13. The second-order valence-electron chi connectivity index (χ2n) is 8.29. The molecule has 0 saturated carbocycles. The summed E-state index contributed by atoms with van der Waals surface area (Å²) in [5, 5.41) is 7.51. The lowest BCUT2D eigenvalue weighted by atomic mass is 9.93. The Balaban J connectivity index is 1.96. The van der Waals surface area contributed by atoms with Crippen LogP contribution >= 0.6 is 11.6 Å². The van der Waals surface area contributed by atoms with Crippen LogP contribution in [0.3, 0.4) is 0 Å². The van der Waals surface area contributed by atoms with Gasteiger partial charge in [0.05, 0.1) is 22.4 Å². The highest BCUT2D eigenvalue weighted by atomic mass is 35.5. The Morgan fingerprint density at radius 3 is 2.59 bits per heavy atom. The molecule has 0 bridgehead atoms. The average molecular weight is 482 g/mol. The van der Waals surface area contributed by atoms with Crippen LogP contribution in [0, 0.1) is 18.2 Å². The molecule has 0 aliphatic heterocycles. The number of nitrogens with two attached hydrogens (primary N) is 2. The molecule has 0 saturated heterocycles. The van der Waals surface area contributed by atoms with E-state index in [9.17, 15) is 0 Å². The number of aryl methyl sites for hydroxylation is 1. The summed E-state index contributed by atoms with van der Waals surface area (Å²) in [7, 11) is 0. The minimum atomic E-state index is -0.622. The van der Waals surface area contributed by atoms with Crippen LogP contribution in [0.2, 0.25) is 5.02 Å². The molecule has 0 aliphatic rings. The van der Waals surface area contributed by atoms with Gasteiger partial charge < -0.3 is 16.2 Å². The fraction of sp³-hybridized carbons (Fsp3) is 0.250. The highest BCUT2D eigenvalue weighted by molar-refractivity contribution is 6.31. The predicted molar refractivity (Wildman–Crippen MR) is 131 cm³/mol. The van der Waals surface area contributed by atoms with E-state index < -0.39 is 5.82 Å². The topological polar surface area (TPSA) is 128 Å². The summed E-state index contributed by atoms with van der Waals surface area (Å²) >= 11 is 6.38. The SMILES string of the molecule is Cc1nc([C@@H](C)c2cc(Cl)c(F)c(-c3ccc(C(=N)N)nc3)c2OC(C)C)n2ccnc(N)c12. The smallest absolute Gasteiger partial charge is 0.153 e. The van der Waals surface area contributed by atoms with Crippen LogP contribution in [0.25, 0.3) is 16.6 Å². The van der Waals surface area contributed by atoms with Crippen molar-refractivity contribution >= 4 is 28.8 Å². The molecule has 0 aliphatic carbocycles. The normalized spacial score (nSPS) is 12.3. The fourth-order valence-corrected chi connectivity index (χ4v) is 4.20. The zero-order valence-electron chi connectivity index (χ0n) is 19.2. The lowest BCUT2D eigenvalue weighted by molar-refractivity contribution is 0.239. The Morgan fingerprint density at radius 2 is 1.97 bits per heavy atom. The number of nitrogens with one attached hydrogen (secondary N) is 1. The van der Waals surface area contributed by atoms with Crippen molar-refractivity contribution in [1.29, 1.82) is 5.41 Å². The maximum Gasteiger partial charge on any atom is 0.153 e. The Kier molecular flexibility index (Phi) is 6.14. The molecular formula is C24H25ClFN7O. The molecule has 1 atom stereocenters. The molecule has 0 fully saturated rings. The number of halogens is 2. The first kappa shape index (κ1) is 23.4. The molecular weight excluding hydrogens is 457 g/mol. The van der Waals surface area contributed by atoms with Gasteiger partial charge in [-0.2, -0.15) is 0 Å². The summed E-state index contributed by atoms with van der Waals surface area (Å²) in [4.78, 5) is 13.1. The monoisotopic (exact) mass is 481 g/mol. The summed E-state index contributed by atoms with van der Waals surface area (Å²) < 4.78 is 23.5. The number of aromatic nitrogens is 4. The third-order valence-electron chi connectivity index (χ3n) is 5.52. The Hall–Kier alpha value is -3.72. The van der Waals surface area contributed by atoms with E-state index in [1.807, 2.05) is 32.1 Å². The number of imidazole rings is 1. The molecule has 4 aromatic rings. The first-order chi connectivity index (χ1) is 16.1. The number of ether oxygens (including phenoxy) is 1. The number of fused-ring (bicyclic) bond motifs is 1. The van der Waals surface area contributed by atoms with Gasteiger partial charge in [-0.25, -0.2) is 14.4 Å². The van der Waals surface area contributed by atoms with Gasteiger partial charge in [0, 0.05) is 35.6 Å². The van der Waals surface area contributed by atoms with E-state index >= 15 is 4.39 Å². The van der Waals surface area contributed by atoms with Gasteiger partial charge in [0.25, 0.3) is 0 Å². The van der Waals surface area contributed by atoms with Crippen molar-refractivity contribution < 1.29 is 9.13 Å². The lowest BCUT2D eigenvalue weighted by Gasteiger charge is -2.23. The summed E-state index contributed by atoms with van der Waals surface area (Å²) in [5.41, 5.74) is 14.6. The summed E-state index contributed by atoms with van der Waals surface area (Å²) in [6.45, 7) is 7.54. The van der Waals surface area contributed by atoms with Crippen LogP contribution in [0.4, 0.5) is 10.2 Å². The summed E-state index contributed by atoms with van der Waals surface area (Å²) in [6.07, 6.45) is 4.61. The number of rotatable bonds is 6. The Morgan fingerprint density at radius 1 is 1.24 bits per heavy atom. The van der Waals surface area contributed by atoms with E-state index in [2.05, 4.69) is 9.97 Å². The fourth-order valence-electron chi connectivity index (χ4n) is 3.99. The maximum atomic E-state index is 15.5. The number of hydrogen-bond acceptors (Lipinski definition) is 6. The largest absolute Gasteiger partial charge is 0.490 e. The van der Waals surface area contributed by atoms with Crippen LogP contribution in [-0.2, 0) is 0 Å². The highest BCUT2D eigenvalue weighted by Crippen LogP contribution is 2.44.